The Kier molecular flexibility index (Phi) is 7.41. The Morgan fingerprint density at radius 3 is 2.53 bits per heavy atom. The quantitative estimate of drug-likeness (QED) is 0.365. The summed E-state index contributed by atoms with van der Waals surface area (Å²) in [6, 6.07) is 4.51. The molecule has 2 aromatic heterocycles. The van der Waals surface area contributed by atoms with Gasteiger partial charge in [0.05, 0.1) is 36.0 Å². The van der Waals surface area contributed by atoms with Crippen molar-refractivity contribution in [2.45, 2.75) is 6.54 Å². The Hall–Kier alpha value is -3.80. The van der Waals surface area contributed by atoms with Crippen molar-refractivity contribution in [1.82, 2.24) is 29.7 Å². The van der Waals surface area contributed by atoms with Crippen LogP contribution in [0.2, 0.25) is 5.02 Å². The number of aromatic nitrogens is 4. The maximum absolute atomic E-state index is 15.4. The number of likely N-dealkylation sites (N-methyl/N-ethyl adjacent to an activating group) is 1. The van der Waals surface area contributed by atoms with Crippen LogP contribution < -0.4 is 14.8 Å². The molecule has 5 rings (SSSR count). The van der Waals surface area contributed by atoms with Crippen molar-refractivity contribution >= 4 is 34.5 Å². The van der Waals surface area contributed by atoms with Gasteiger partial charge in [0.1, 0.15) is 11.3 Å². The summed E-state index contributed by atoms with van der Waals surface area (Å²) in [6.45, 7) is 4.64. The Morgan fingerprint density at radius 1 is 1.11 bits per heavy atom. The van der Waals surface area contributed by atoms with Crippen molar-refractivity contribution in [1.29, 1.82) is 0 Å². The molecule has 0 unspecified atom stereocenters. The second-order valence-electron chi connectivity index (χ2n) is 8.97. The van der Waals surface area contributed by atoms with E-state index >= 15 is 4.39 Å². The number of aromatic amines is 1. The van der Waals surface area contributed by atoms with Crippen molar-refractivity contribution in [2.75, 3.05) is 52.8 Å². The lowest BCUT2D eigenvalue weighted by Gasteiger charge is -2.31. The summed E-state index contributed by atoms with van der Waals surface area (Å²) in [5.41, 5.74) is 2.05. The maximum atomic E-state index is 15.4. The summed E-state index contributed by atoms with van der Waals surface area (Å²) in [4.78, 5) is 34.2. The van der Waals surface area contributed by atoms with Gasteiger partial charge in [-0.3, -0.25) is 25.0 Å². The molecule has 12 heteroatoms. The zero-order chi connectivity index (χ0) is 26.8. The number of piperazine rings is 1. The van der Waals surface area contributed by atoms with Crippen LogP contribution in [0, 0.1) is 5.82 Å². The molecule has 2 aromatic carbocycles. The van der Waals surface area contributed by atoms with Gasteiger partial charge in [0.2, 0.25) is 5.95 Å². The van der Waals surface area contributed by atoms with E-state index in [4.69, 9.17) is 21.1 Å². The number of imidazole rings is 1. The van der Waals surface area contributed by atoms with Gasteiger partial charge in [0.25, 0.3) is 5.91 Å². The van der Waals surface area contributed by atoms with E-state index in [2.05, 4.69) is 42.1 Å². The molecule has 1 amide bonds. The van der Waals surface area contributed by atoms with E-state index in [1.54, 1.807) is 18.3 Å². The molecule has 1 aliphatic heterocycles. The number of rotatable bonds is 7. The van der Waals surface area contributed by atoms with E-state index in [0.717, 1.165) is 31.9 Å². The van der Waals surface area contributed by atoms with Gasteiger partial charge in [-0.05, 0) is 13.1 Å². The van der Waals surface area contributed by atoms with Crippen LogP contribution in [0.15, 0.2) is 36.8 Å². The third-order valence-corrected chi connectivity index (χ3v) is 6.93. The normalized spacial score (nSPS) is 14.6. The van der Waals surface area contributed by atoms with Gasteiger partial charge in [0.15, 0.2) is 11.6 Å². The average Bonchev–Trinajstić information content (AvgIpc) is 3.36. The Morgan fingerprint density at radius 2 is 1.82 bits per heavy atom. The Labute approximate surface area is 223 Å². The largest absolute Gasteiger partial charge is 0.495 e. The summed E-state index contributed by atoms with van der Waals surface area (Å²) in [5.74, 6) is -0.579. The van der Waals surface area contributed by atoms with Crippen LogP contribution in [0.5, 0.6) is 11.5 Å². The zero-order valence-electron chi connectivity index (χ0n) is 21.2. The number of carbonyl (C=O) groups excluding carboxylic acids is 1. The highest BCUT2D eigenvalue weighted by Gasteiger charge is 2.24. The molecule has 38 heavy (non-hydrogen) atoms. The van der Waals surface area contributed by atoms with E-state index in [1.807, 2.05) is 0 Å². The average molecular weight is 540 g/mol. The molecule has 2 N–H and O–H groups in total. The van der Waals surface area contributed by atoms with E-state index in [9.17, 15) is 4.79 Å². The van der Waals surface area contributed by atoms with Gasteiger partial charge in [0, 0.05) is 68.5 Å². The van der Waals surface area contributed by atoms with Crippen LogP contribution in [-0.4, -0.2) is 83.1 Å². The number of carbonyl (C=O) groups is 1. The van der Waals surface area contributed by atoms with Crippen molar-refractivity contribution in [3.8, 4) is 22.6 Å². The van der Waals surface area contributed by atoms with Crippen LogP contribution in [-0.2, 0) is 6.54 Å². The molecule has 0 aliphatic carbocycles. The Bertz CT molecular complexity index is 1460. The van der Waals surface area contributed by atoms with Crippen molar-refractivity contribution in [3.05, 3.63) is 58.9 Å². The summed E-state index contributed by atoms with van der Waals surface area (Å²) >= 11 is 6.50. The molecular formula is C26H27ClFN7O3. The molecule has 0 radical (unpaired) electrons. The van der Waals surface area contributed by atoms with E-state index in [0.29, 0.717) is 23.6 Å². The topological polar surface area (TPSA) is 108 Å². The highest BCUT2D eigenvalue weighted by molar-refractivity contribution is 6.35. The van der Waals surface area contributed by atoms with Gasteiger partial charge in [-0.1, -0.05) is 17.7 Å². The molecular weight excluding hydrogens is 513 g/mol. The maximum Gasteiger partial charge on any atom is 0.260 e. The zero-order valence-corrected chi connectivity index (χ0v) is 22.0. The number of hydrogen-bond donors (Lipinski definition) is 2. The number of anilines is 1. The smallest absolute Gasteiger partial charge is 0.260 e. The molecule has 10 nitrogen and oxygen atoms in total. The lowest BCUT2D eigenvalue weighted by atomic mass is 9.99. The SMILES string of the molecule is COc1cc(OC)c(Cl)c(-c2ccc(C(=O)Nc3nc(CN4CCN(C)CC4)c[nH]3)c3nccnc23)c1F. The van der Waals surface area contributed by atoms with Gasteiger partial charge < -0.3 is 19.4 Å². The number of nitrogens with zero attached hydrogens (tertiary/aromatic N) is 5. The van der Waals surface area contributed by atoms with Gasteiger partial charge in [-0.2, -0.15) is 0 Å². The fourth-order valence-electron chi connectivity index (χ4n) is 4.48. The second-order valence-corrected chi connectivity index (χ2v) is 9.35. The second kappa shape index (κ2) is 10.9. The summed E-state index contributed by atoms with van der Waals surface area (Å²) in [5, 5.41) is 2.85. The highest BCUT2D eigenvalue weighted by Crippen LogP contribution is 2.44. The number of nitrogens with one attached hydrogen (secondary N) is 2. The molecule has 4 aromatic rings. The minimum absolute atomic E-state index is 0.0368. The molecule has 1 saturated heterocycles. The number of hydrogen-bond acceptors (Lipinski definition) is 8. The fourth-order valence-corrected chi connectivity index (χ4v) is 4.80. The molecule has 0 atom stereocenters. The lowest BCUT2D eigenvalue weighted by molar-refractivity contribution is 0.102. The Balaban J connectivity index is 1.44. The minimum Gasteiger partial charge on any atom is -0.495 e. The molecule has 1 aliphatic rings. The predicted octanol–water partition coefficient (Wildman–Crippen LogP) is 3.83. The van der Waals surface area contributed by atoms with Crippen molar-refractivity contribution in [2.24, 2.45) is 0 Å². The number of fused-ring (bicyclic) bond motifs is 1. The molecule has 0 spiro atoms. The number of amides is 1. The first-order chi connectivity index (χ1) is 18.4. The minimum atomic E-state index is -0.675. The third kappa shape index (κ3) is 5.00. The number of methoxy groups -OCH3 is 2. The molecule has 0 saturated carbocycles. The monoisotopic (exact) mass is 539 g/mol. The van der Waals surface area contributed by atoms with Gasteiger partial charge in [-0.15, -0.1) is 0 Å². The summed E-state index contributed by atoms with van der Waals surface area (Å²) in [6.07, 6.45) is 4.72. The first-order valence-electron chi connectivity index (χ1n) is 12.0. The first kappa shape index (κ1) is 25.8. The van der Waals surface area contributed by atoms with E-state index in [1.165, 1.54) is 32.7 Å². The molecule has 198 valence electrons. The number of ether oxygens (including phenoxy) is 2. The molecule has 0 bridgehead atoms. The van der Waals surface area contributed by atoms with Crippen LogP contribution in [0.1, 0.15) is 16.1 Å². The molecule has 3 heterocycles. The van der Waals surface area contributed by atoms with Crippen LogP contribution >= 0.6 is 11.6 Å². The van der Waals surface area contributed by atoms with Crippen LogP contribution in [0.4, 0.5) is 10.3 Å². The van der Waals surface area contributed by atoms with E-state index < -0.39 is 11.7 Å². The summed E-state index contributed by atoms with van der Waals surface area (Å²) in [7, 11) is 4.89. The third-order valence-electron chi connectivity index (χ3n) is 6.56. The lowest BCUT2D eigenvalue weighted by Crippen LogP contribution is -2.43. The van der Waals surface area contributed by atoms with E-state index in [-0.39, 0.29) is 33.2 Å². The van der Waals surface area contributed by atoms with Crippen molar-refractivity contribution in [3.63, 3.8) is 0 Å². The number of halogens is 2. The first-order valence-corrected chi connectivity index (χ1v) is 12.4. The van der Waals surface area contributed by atoms with Crippen molar-refractivity contribution < 1.29 is 18.7 Å². The number of benzene rings is 2. The number of H-pyrrole nitrogens is 1. The summed E-state index contributed by atoms with van der Waals surface area (Å²) < 4.78 is 25.9. The highest BCUT2D eigenvalue weighted by atomic mass is 35.5. The van der Waals surface area contributed by atoms with Crippen LogP contribution in [0.3, 0.4) is 0 Å². The van der Waals surface area contributed by atoms with Crippen LogP contribution in [0.25, 0.3) is 22.2 Å². The molecule has 1 fully saturated rings. The predicted molar refractivity (Wildman–Crippen MR) is 142 cm³/mol. The standard InChI is InChI=1S/C26H27ClFN7O3/c1-34-8-10-35(11-9-34)14-15-13-31-26(32-15)33-25(36)17-5-4-16(23-24(17)30-7-6-29-23)20-21(27)18(37-2)12-19(38-3)22(20)28/h4-7,12-13H,8-11,14H2,1-3H3,(H2,31,32,33,36). The fraction of sp³-hybridized carbons (Fsp3) is 0.308. The van der Waals surface area contributed by atoms with Gasteiger partial charge in [-0.25, -0.2) is 9.37 Å². The van der Waals surface area contributed by atoms with Gasteiger partial charge >= 0.3 is 0 Å².